The zero-order valence-corrected chi connectivity index (χ0v) is 18.8. The van der Waals surface area contributed by atoms with Crippen molar-refractivity contribution in [1.82, 2.24) is 50.1 Å². The number of hydrogen-bond acceptors (Lipinski definition) is 8. The van der Waals surface area contributed by atoms with Crippen molar-refractivity contribution < 1.29 is 13.6 Å². The summed E-state index contributed by atoms with van der Waals surface area (Å²) in [6, 6.07) is 4.93. The lowest BCUT2D eigenvalue weighted by molar-refractivity contribution is 0.0933. The number of aryl methyl sites for hydroxylation is 1. The summed E-state index contributed by atoms with van der Waals surface area (Å²) < 4.78 is 29.7. The van der Waals surface area contributed by atoms with Gasteiger partial charge in [0.25, 0.3) is 12.3 Å². The van der Waals surface area contributed by atoms with Gasteiger partial charge in [-0.3, -0.25) is 9.20 Å². The van der Waals surface area contributed by atoms with Gasteiger partial charge in [0, 0.05) is 11.1 Å². The molecule has 0 aliphatic rings. The third-order valence-corrected chi connectivity index (χ3v) is 6.26. The number of amides is 1. The molecule has 5 aromatic heterocycles. The Kier molecular flexibility index (Phi) is 5.57. The summed E-state index contributed by atoms with van der Waals surface area (Å²) in [6.07, 6.45) is 2.31. The molecule has 0 aliphatic carbocycles. The molecular formula is C20H18F2N10OS. The Morgan fingerprint density at radius 2 is 2.15 bits per heavy atom. The summed E-state index contributed by atoms with van der Waals surface area (Å²) in [5, 5.41) is 21.2. The van der Waals surface area contributed by atoms with Gasteiger partial charge in [-0.1, -0.05) is 6.92 Å². The molecule has 0 aliphatic heterocycles. The fraction of sp³-hybridized carbons (Fsp3) is 0.250. The maximum atomic E-state index is 13.6. The number of rotatable bonds is 7. The molecule has 5 heterocycles. The van der Waals surface area contributed by atoms with E-state index in [2.05, 4.69) is 41.0 Å². The number of H-pyrrole nitrogens is 1. The molecule has 1 unspecified atom stereocenters. The molecule has 5 aromatic rings. The second kappa shape index (κ2) is 8.70. The van der Waals surface area contributed by atoms with E-state index in [0.717, 1.165) is 14.4 Å². The lowest BCUT2D eigenvalue weighted by Gasteiger charge is -2.15. The average Bonchev–Trinajstić information content (AvgIpc) is 3.62. The number of imidazole rings is 1. The van der Waals surface area contributed by atoms with Gasteiger partial charge in [-0.15, -0.1) is 26.6 Å². The molecule has 0 aromatic carbocycles. The SMILES string of the molecule is CCC(NC(=O)c1cc(-n2nnnc2C(F)F)c2ncc(-c3ccc(C)s3)n2c1)c1nnc[nH]1. The summed E-state index contributed by atoms with van der Waals surface area (Å²) in [5.74, 6) is -0.570. The number of pyridine rings is 1. The van der Waals surface area contributed by atoms with Gasteiger partial charge in [-0.25, -0.2) is 13.8 Å². The molecule has 0 radical (unpaired) electrons. The first-order chi connectivity index (χ1) is 16.5. The monoisotopic (exact) mass is 484 g/mol. The Hall–Kier alpha value is -4.07. The number of alkyl halides is 2. The topological polar surface area (TPSA) is 132 Å². The molecule has 5 rings (SSSR count). The van der Waals surface area contributed by atoms with Crippen molar-refractivity contribution >= 4 is 22.9 Å². The Morgan fingerprint density at radius 1 is 1.29 bits per heavy atom. The molecule has 14 heteroatoms. The number of aromatic amines is 1. The van der Waals surface area contributed by atoms with E-state index in [1.165, 1.54) is 12.4 Å². The molecular weight excluding hydrogens is 466 g/mol. The van der Waals surface area contributed by atoms with Crippen molar-refractivity contribution in [3.05, 3.63) is 59.0 Å². The van der Waals surface area contributed by atoms with Crippen molar-refractivity contribution in [2.75, 3.05) is 0 Å². The molecule has 11 nitrogen and oxygen atoms in total. The predicted molar refractivity (Wildman–Crippen MR) is 118 cm³/mol. The van der Waals surface area contributed by atoms with Gasteiger partial charge in [0.15, 0.2) is 11.5 Å². The van der Waals surface area contributed by atoms with Gasteiger partial charge >= 0.3 is 0 Å². The number of halogens is 2. The zero-order valence-electron chi connectivity index (χ0n) is 18.0. The summed E-state index contributed by atoms with van der Waals surface area (Å²) >= 11 is 1.55. The first-order valence-corrected chi connectivity index (χ1v) is 11.1. The molecule has 0 bridgehead atoms. The van der Waals surface area contributed by atoms with Crippen LogP contribution in [0.4, 0.5) is 8.78 Å². The number of fused-ring (bicyclic) bond motifs is 1. The van der Waals surface area contributed by atoms with Crippen molar-refractivity contribution in [1.29, 1.82) is 0 Å². The van der Waals surface area contributed by atoms with Gasteiger partial charge < -0.3 is 10.3 Å². The van der Waals surface area contributed by atoms with Crippen LogP contribution in [0.1, 0.15) is 52.7 Å². The molecule has 0 fully saturated rings. The lowest BCUT2D eigenvalue weighted by atomic mass is 10.1. The second-order valence-corrected chi connectivity index (χ2v) is 8.71. The zero-order chi connectivity index (χ0) is 23.8. The summed E-state index contributed by atoms with van der Waals surface area (Å²) in [7, 11) is 0. The number of nitrogens with zero attached hydrogens (tertiary/aromatic N) is 8. The van der Waals surface area contributed by atoms with Crippen LogP contribution in [0.15, 0.2) is 36.9 Å². The minimum absolute atomic E-state index is 0.153. The van der Waals surface area contributed by atoms with Crippen LogP contribution >= 0.6 is 11.3 Å². The van der Waals surface area contributed by atoms with Crippen LogP contribution in [0, 0.1) is 6.92 Å². The molecule has 1 amide bonds. The fourth-order valence-corrected chi connectivity index (χ4v) is 4.47. The molecule has 0 saturated carbocycles. The summed E-state index contributed by atoms with van der Waals surface area (Å²) in [5.41, 5.74) is 1.40. The maximum Gasteiger partial charge on any atom is 0.299 e. The molecule has 0 spiro atoms. The van der Waals surface area contributed by atoms with Crippen LogP contribution in [-0.4, -0.2) is 50.7 Å². The van der Waals surface area contributed by atoms with E-state index in [0.29, 0.717) is 23.6 Å². The Bertz CT molecular complexity index is 1460. The molecule has 34 heavy (non-hydrogen) atoms. The minimum Gasteiger partial charge on any atom is -0.342 e. The molecule has 1 atom stereocenters. The quantitative estimate of drug-likeness (QED) is 0.362. The highest BCUT2D eigenvalue weighted by Crippen LogP contribution is 2.31. The predicted octanol–water partition coefficient (Wildman–Crippen LogP) is 3.28. The largest absolute Gasteiger partial charge is 0.342 e. The number of thiophene rings is 1. The molecule has 174 valence electrons. The van der Waals surface area contributed by atoms with E-state index in [1.54, 1.807) is 28.1 Å². The van der Waals surface area contributed by atoms with Gasteiger partial charge in [0.1, 0.15) is 12.0 Å². The fourth-order valence-electron chi connectivity index (χ4n) is 3.60. The van der Waals surface area contributed by atoms with E-state index in [-0.39, 0.29) is 11.3 Å². The van der Waals surface area contributed by atoms with E-state index in [4.69, 9.17) is 0 Å². The van der Waals surface area contributed by atoms with Crippen molar-refractivity contribution in [3.8, 4) is 16.3 Å². The van der Waals surface area contributed by atoms with Crippen LogP contribution in [0.5, 0.6) is 0 Å². The van der Waals surface area contributed by atoms with Crippen LogP contribution in [-0.2, 0) is 0 Å². The Morgan fingerprint density at radius 3 is 2.82 bits per heavy atom. The van der Waals surface area contributed by atoms with Gasteiger partial charge in [0.2, 0.25) is 5.82 Å². The summed E-state index contributed by atoms with van der Waals surface area (Å²) in [4.78, 5) is 22.6. The summed E-state index contributed by atoms with van der Waals surface area (Å²) in [6.45, 7) is 3.87. The number of carbonyl (C=O) groups is 1. The number of nitrogens with one attached hydrogen (secondary N) is 2. The highest BCUT2D eigenvalue weighted by Gasteiger charge is 2.24. The van der Waals surface area contributed by atoms with E-state index in [1.807, 2.05) is 26.0 Å². The smallest absolute Gasteiger partial charge is 0.299 e. The van der Waals surface area contributed by atoms with Crippen molar-refractivity contribution in [3.63, 3.8) is 0 Å². The first kappa shape index (κ1) is 21.8. The molecule has 0 saturated heterocycles. The minimum atomic E-state index is -2.92. The Labute approximate surface area is 194 Å². The lowest BCUT2D eigenvalue weighted by Crippen LogP contribution is -2.29. The van der Waals surface area contributed by atoms with Crippen molar-refractivity contribution in [2.45, 2.75) is 32.7 Å². The van der Waals surface area contributed by atoms with E-state index < -0.39 is 24.2 Å². The number of hydrogen-bond donors (Lipinski definition) is 2. The van der Waals surface area contributed by atoms with Gasteiger partial charge in [-0.05, 0) is 42.0 Å². The van der Waals surface area contributed by atoms with E-state index in [9.17, 15) is 13.6 Å². The van der Waals surface area contributed by atoms with E-state index >= 15 is 0 Å². The van der Waals surface area contributed by atoms with Crippen LogP contribution in [0.3, 0.4) is 0 Å². The van der Waals surface area contributed by atoms with Gasteiger partial charge in [0.05, 0.1) is 28.4 Å². The first-order valence-electron chi connectivity index (χ1n) is 10.3. The number of aromatic nitrogens is 9. The molecule has 2 N–H and O–H groups in total. The standard InChI is InChI=1S/C20H18F2N10OS/c1-3-12(17-24-9-25-27-17)26-20(33)11-6-13(32-19(16(21)22)28-29-30-32)18-23-7-14(31(18)8-11)15-5-4-10(2)34-15/h4-9,12,16H,3H2,1-2H3,(H,26,33)(H,24,25,27). The normalized spacial score (nSPS) is 12.5. The number of carbonyl (C=O) groups excluding carboxylic acids is 1. The van der Waals surface area contributed by atoms with Crippen LogP contribution in [0.25, 0.3) is 21.9 Å². The Balaban J connectivity index is 1.65. The number of tetrazole rings is 1. The average molecular weight is 484 g/mol. The highest BCUT2D eigenvalue weighted by atomic mass is 32.1. The van der Waals surface area contributed by atoms with Gasteiger partial charge in [-0.2, -0.15) is 4.68 Å². The van der Waals surface area contributed by atoms with Crippen molar-refractivity contribution in [2.24, 2.45) is 0 Å². The third kappa shape index (κ3) is 3.81. The van der Waals surface area contributed by atoms with Crippen LogP contribution in [0.2, 0.25) is 0 Å². The second-order valence-electron chi connectivity index (χ2n) is 7.42. The van der Waals surface area contributed by atoms with Crippen LogP contribution < -0.4 is 5.32 Å². The third-order valence-electron chi connectivity index (χ3n) is 5.24. The highest BCUT2D eigenvalue weighted by molar-refractivity contribution is 7.15. The maximum absolute atomic E-state index is 13.6.